The Kier molecular flexibility index (Phi) is 11.0. The van der Waals surface area contributed by atoms with Crippen molar-refractivity contribution in [3.8, 4) is 5.75 Å². The SMILES string of the molecule is C=C(C)C(=O)OCCCCCOc1ccc(C(=O)O)cc1.Nc1ccc(Cl)cc1. The Morgan fingerprint density at radius 3 is 2.10 bits per heavy atom. The summed E-state index contributed by atoms with van der Waals surface area (Å²) in [7, 11) is 0. The molecular formula is C22H26ClNO5. The summed E-state index contributed by atoms with van der Waals surface area (Å²) in [6.07, 6.45) is 2.50. The van der Waals surface area contributed by atoms with Crippen LogP contribution >= 0.6 is 11.6 Å². The number of carbonyl (C=O) groups excluding carboxylic acids is 1. The predicted octanol–water partition coefficient (Wildman–Crippen LogP) is 4.98. The Hall–Kier alpha value is -2.99. The highest BCUT2D eigenvalue weighted by Crippen LogP contribution is 2.13. The van der Waals surface area contributed by atoms with Crippen LogP contribution < -0.4 is 10.5 Å². The van der Waals surface area contributed by atoms with Crippen LogP contribution in [-0.2, 0) is 9.53 Å². The second-order valence-electron chi connectivity index (χ2n) is 6.21. The lowest BCUT2D eigenvalue weighted by molar-refractivity contribution is -0.139. The van der Waals surface area contributed by atoms with Crippen molar-refractivity contribution in [1.82, 2.24) is 0 Å². The van der Waals surface area contributed by atoms with Crippen LogP contribution in [-0.4, -0.2) is 30.3 Å². The molecule has 6 nitrogen and oxygen atoms in total. The van der Waals surface area contributed by atoms with E-state index in [-0.39, 0.29) is 11.5 Å². The van der Waals surface area contributed by atoms with E-state index in [1.165, 1.54) is 12.1 Å². The van der Waals surface area contributed by atoms with E-state index in [2.05, 4.69) is 6.58 Å². The number of ether oxygens (including phenoxy) is 2. The van der Waals surface area contributed by atoms with Gasteiger partial charge in [-0.05, 0) is 74.7 Å². The summed E-state index contributed by atoms with van der Waals surface area (Å²) < 4.78 is 10.5. The summed E-state index contributed by atoms with van der Waals surface area (Å²) in [6, 6.07) is 13.3. The molecule has 0 heterocycles. The van der Waals surface area contributed by atoms with E-state index < -0.39 is 5.97 Å². The fourth-order valence-corrected chi connectivity index (χ4v) is 2.14. The van der Waals surface area contributed by atoms with E-state index in [9.17, 15) is 9.59 Å². The smallest absolute Gasteiger partial charge is 0.335 e. The van der Waals surface area contributed by atoms with E-state index in [4.69, 9.17) is 31.9 Å². The molecule has 2 aromatic rings. The fourth-order valence-electron chi connectivity index (χ4n) is 2.02. The predicted molar refractivity (Wildman–Crippen MR) is 114 cm³/mol. The molecule has 156 valence electrons. The summed E-state index contributed by atoms with van der Waals surface area (Å²) in [5.74, 6) is -0.663. The van der Waals surface area contributed by atoms with Crippen molar-refractivity contribution in [3.05, 3.63) is 71.3 Å². The highest BCUT2D eigenvalue weighted by Gasteiger charge is 2.03. The van der Waals surface area contributed by atoms with Crippen molar-refractivity contribution in [2.45, 2.75) is 26.2 Å². The molecule has 0 radical (unpaired) electrons. The molecule has 0 bridgehead atoms. The maximum Gasteiger partial charge on any atom is 0.335 e. The molecular weight excluding hydrogens is 394 g/mol. The lowest BCUT2D eigenvalue weighted by atomic mass is 10.2. The van der Waals surface area contributed by atoms with Gasteiger partial charge in [0.15, 0.2) is 0 Å². The molecule has 0 spiro atoms. The lowest BCUT2D eigenvalue weighted by Gasteiger charge is -2.07. The maximum absolute atomic E-state index is 11.1. The zero-order valence-corrected chi connectivity index (χ0v) is 17.2. The van der Waals surface area contributed by atoms with Crippen LogP contribution in [0.5, 0.6) is 5.75 Å². The lowest BCUT2D eigenvalue weighted by Crippen LogP contribution is -2.06. The zero-order valence-electron chi connectivity index (χ0n) is 16.4. The molecule has 29 heavy (non-hydrogen) atoms. The molecule has 0 saturated heterocycles. The third kappa shape index (κ3) is 10.8. The number of unbranched alkanes of at least 4 members (excludes halogenated alkanes) is 2. The third-order valence-electron chi connectivity index (χ3n) is 3.61. The number of nitrogens with two attached hydrogens (primary N) is 1. The van der Waals surface area contributed by atoms with Gasteiger partial charge in [0.1, 0.15) is 5.75 Å². The number of nitrogen functional groups attached to an aromatic ring is 1. The summed E-state index contributed by atoms with van der Waals surface area (Å²) in [4.78, 5) is 21.8. The number of hydrogen-bond donors (Lipinski definition) is 2. The minimum absolute atomic E-state index is 0.238. The van der Waals surface area contributed by atoms with Crippen molar-refractivity contribution in [3.63, 3.8) is 0 Å². The third-order valence-corrected chi connectivity index (χ3v) is 3.86. The summed E-state index contributed by atoms with van der Waals surface area (Å²) in [6.45, 7) is 6.05. The van der Waals surface area contributed by atoms with Gasteiger partial charge in [0.2, 0.25) is 0 Å². The van der Waals surface area contributed by atoms with Crippen molar-refractivity contribution in [1.29, 1.82) is 0 Å². The van der Waals surface area contributed by atoms with Crippen LogP contribution in [0.1, 0.15) is 36.5 Å². The first-order valence-corrected chi connectivity index (χ1v) is 9.47. The first-order chi connectivity index (χ1) is 13.8. The number of aromatic carboxylic acids is 1. The van der Waals surface area contributed by atoms with Crippen LogP contribution in [0, 0.1) is 0 Å². The van der Waals surface area contributed by atoms with Crippen LogP contribution in [0.25, 0.3) is 0 Å². The minimum atomic E-state index is -0.953. The van der Waals surface area contributed by atoms with Gasteiger partial charge in [-0.3, -0.25) is 0 Å². The largest absolute Gasteiger partial charge is 0.494 e. The zero-order chi connectivity index (χ0) is 21.6. The van der Waals surface area contributed by atoms with Gasteiger partial charge in [0.25, 0.3) is 0 Å². The number of hydrogen-bond acceptors (Lipinski definition) is 5. The highest BCUT2D eigenvalue weighted by atomic mass is 35.5. The van der Waals surface area contributed by atoms with Gasteiger partial charge < -0.3 is 20.3 Å². The van der Waals surface area contributed by atoms with Gasteiger partial charge in [-0.25, -0.2) is 9.59 Å². The van der Waals surface area contributed by atoms with Crippen LogP contribution in [0.3, 0.4) is 0 Å². The van der Waals surface area contributed by atoms with Gasteiger partial charge in [-0.2, -0.15) is 0 Å². The molecule has 2 rings (SSSR count). The molecule has 0 fully saturated rings. The molecule has 2 aromatic carbocycles. The number of carboxylic acid groups (broad SMARTS) is 1. The van der Waals surface area contributed by atoms with Crippen molar-refractivity contribution < 1.29 is 24.2 Å². The van der Waals surface area contributed by atoms with E-state index in [0.717, 1.165) is 30.0 Å². The second kappa shape index (κ2) is 13.2. The number of benzene rings is 2. The monoisotopic (exact) mass is 419 g/mol. The molecule has 0 atom stereocenters. The number of halogens is 1. The van der Waals surface area contributed by atoms with E-state index in [1.807, 2.05) is 0 Å². The number of carboxylic acids is 1. The Morgan fingerprint density at radius 2 is 1.59 bits per heavy atom. The first kappa shape index (κ1) is 24.0. The molecule has 0 aromatic heterocycles. The van der Waals surface area contributed by atoms with Gasteiger partial charge in [0, 0.05) is 16.3 Å². The summed E-state index contributed by atoms with van der Waals surface area (Å²) in [5.41, 5.74) is 6.76. The van der Waals surface area contributed by atoms with Gasteiger partial charge in [-0.1, -0.05) is 18.2 Å². The molecule has 0 aliphatic rings. The molecule has 3 N–H and O–H groups in total. The topological polar surface area (TPSA) is 98.8 Å². The van der Waals surface area contributed by atoms with Crippen LogP contribution in [0.15, 0.2) is 60.7 Å². The molecule has 0 aliphatic carbocycles. The normalized spacial score (nSPS) is 9.72. The van der Waals surface area contributed by atoms with E-state index in [0.29, 0.717) is 24.5 Å². The Bertz CT molecular complexity index is 767. The van der Waals surface area contributed by atoms with Crippen LogP contribution in [0.2, 0.25) is 5.02 Å². The minimum Gasteiger partial charge on any atom is -0.494 e. The van der Waals surface area contributed by atoms with E-state index >= 15 is 0 Å². The summed E-state index contributed by atoms with van der Waals surface area (Å²) in [5, 5.41) is 9.48. The Labute approximate surface area is 175 Å². The van der Waals surface area contributed by atoms with Crippen molar-refractivity contribution >= 4 is 29.2 Å². The van der Waals surface area contributed by atoms with E-state index in [1.54, 1.807) is 43.3 Å². The average molecular weight is 420 g/mol. The maximum atomic E-state index is 11.1. The second-order valence-corrected chi connectivity index (χ2v) is 6.64. The average Bonchev–Trinajstić information content (AvgIpc) is 2.70. The van der Waals surface area contributed by atoms with Gasteiger partial charge in [0.05, 0.1) is 18.8 Å². The quantitative estimate of drug-likeness (QED) is 0.257. The number of rotatable bonds is 9. The molecule has 0 saturated carbocycles. The van der Waals surface area contributed by atoms with Crippen LogP contribution in [0.4, 0.5) is 5.69 Å². The molecule has 7 heteroatoms. The number of anilines is 1. The first-order valence-electron chi connectivity index (χ1n) is 9.09. The van der Waals surface area contributed by atoms with Crippen molar-refractivity contribution in [2.24, 2.45) is 0 Å². The molecule has 0 amide bonds. The number of esters is 1. The summed E-state index contributed by atoms with van der Waals surface area (Å²) >= 11 is 5.56. The molecule has 0 aliphatic heterocycles. The fraction of sp³-hybridized carbons (Fsp3) is 0.273. The van der Waals surface area contributed by atoms with Gasteiger partial charge in [-0.15, -0.1) is 0 Å². The highest BCUT2D eigenvalue weighted by molar-refractivity contribution is 6.30. The molecule has 0 unspecified atom stereocenters. The number of carbonyl (C=O) groups is 2. The Morgan fingerprint density at radius 1 is 1.00 bits per heavy atom. The van der Waals surface area contributed by atoms with Gasteiger partial charge >= 0.3 is 11.9 Å². The standard InChI is InChI=1S/C16H20O5.C6H6ClN/c1-12(2)16(19)21-11-5-3-4-10-20-14-8-6-13(7-9-14)15(17)18;7-5-1-3-6(8)4-2-5/h6-9H,1,3-5,10-11H2,2H3,(H,17,18);1-4H,8H2. The van der Waals surface area contributed by atoms with Crippen molar-refractivity contribution in [2.75, 3.05) is 18.9 Å². The Balaban J connectivity index is 0.000000436.